The maximum absolute atomic E-state index is 13.0. The zero-order chi connectivity index (χ0) is 26.1. The number of benzene rings is 3. The van der Waals surface area contributed by atoms with Crippen LogP contribution in [0.2, 0.25) is 0 Å². The topological polar surface area (TPSA) is 108 Å². The Morgan fingerprint density at radius 3 is 2.70 bits per heavy atom. The quantitative estimate of drug-likeness (QED) is 0.248. The molecule has 1 atom stereocenters. The van der Waals surface area contributed by atoms with Crippen LogP contribution in [-0.4, -0.2) is 12.6 Å². The fourth-order valence-electron chi connectivity index (χ4n) is 4.53. The number of esters is 1. The van der Waals surface area contributed by atoms with Crippen LogP contribution >= 0.6 is 0 Å². The lowest BCUT2D eigenvalue weighted by atomic mass is 9.83. The molecule has 3 aromatic carbocycles. The molecule has 186 valence electrons. The van der Waals surface area contributed by atoms with Crippen LogP contribution in [0.25, 0.3) is 11.0 Å². The standard InChI is InChI=1S/C30H26N2O5/c1-4-12-34-20-7-5-6-19(14-20)27-22-10-9-21(15-26(22)37-29(32)24(27)16-31)35-30(33)28-18(3)23-13-17(2)8-11-25(23)36-28/h5-11,13-15,27H,4,12,32H2,1-3H3. The average Bonchev–Trinajstić information content (AvgIpc) is 3.22. The van der Waals surface area contributed by atoms with Crippen molar-refractivity contribution in [1.82, 2.24) is 0 Å². The maximum Gasteiger partial charge on any atom is 0.379 e. The number of hydrogen-bond donors (Lipinski definition) is 1. The van der Waals surface area contributed by atoms with E-state index in [1.54, 1.807) is 18.2 Å². The van der Waals surface area contributed by atoms with Gasteiger partial charge in [-0.05, 0) is 56.2 Å². The first kappa shape index (κ1) is 24.0. The molecule has 1 aromatic heterocycles. The molecule has 2 heterocycles. The lowest BCUT2D eigenvalue weighted by Crippen LogP contribution is -2.21. The molecule has 7 nitrogen and oxygen atoms in total. The molecule has 0 spiro atoms. The van der Waals surface area contributed by atoms with Crippen molar-refractivity contribution in [2.24, 2.45) is 5.73 Å². The van der Waals surface area contributed by atoms with Crippen LogP contribution < -0.4 is 19.9 Å². The minimum absolute atomic E-state index is 0.00635. The number of rotatable bonds is 6. The van der Waals surface area contributed by atoms with Gasteiger partial charge in [0.05, 0.1) is 12.5 Å². The van der Waals surface area contributed by atoms with Gasteiger partial charge in [-0.15, -0.1) is 0 Å². The monoisotopic (exact) mass is 494 g/mol. The Bertz CT molecular complexity index is 1590. The van der Waals surface area contributed by atoms with Crippen molar-refractivity contribution in [3.05, 3.63) is 100 Å². The molecule has 4 aromatic rings. The Balaban J connectivity index is 1.47. The Kier molecular flexibility index (Phi) is 6.33. The van der Waals surface area contributed by atoms with E-state index in [0.29, 0.717) is 34.8 Å². The number of nitrogens with zero attached hydrogens (tertiary/aromatic N) is 1. The summed E-state index contributed by atoms with van der Waals surface area (Å²) in [7, 11) is 0. The largest absolute Gasteiger partial charge is 0.494 e. The van der Waals surface area contributed by atoms with Crippen molar-refractivity contribution in [2.45, 2.75) is 33.1 Å². The highest BCUT2D eigenvalue weighted by atomic mass is 16.5. The van der Waals surface area contributed by atoms with Gasteiger partial charge < -0.3 is 24.4 Å². The Morgan fingerprint density at radius 1 is 1.08 bits per heavy atom. The predicted octanol–water partition coefficient (Wildman–Crippen LogP) is 6.28. The second-order valence-electron chi connectivity index (χ2n) is 8.99. The Hall–Kier alpha value is -4.70. The van der Waals surface area contributed by atoms with Crippen LogP contribution in [0, 0.1) is 25.2 Å². The Labute approximate surface area is 214 Å². The number of hydrogen-bond acceptors (Lipinski definition) is 7. The van der Waals surface area contributed by atoms with Crippen molar-refractivity contribution in [3.63, 3.8) is 0 Å². The van der Waals surface area contributed by atoms with Crippen LogP contribution in [-0.2, 0) is 0 Å². The van der Waals surface area contributed by atoms with E-state index in [9.17, 15) is 10.1 Å². The van der Waals surface area contributed by atoms with E-state index >= 15 is 0 Å². The summed E-state index contributed by atoms with van der Waals surface area (Å²) in [6.45, 7) is 6.44. The molecule has 0 fully saturated rings. The molecule has 0 amide bonds. The highest BCUT2D eigenvalue weighted by molar-refractivity contribution is 5.97. The molecule has 0 aliphatic carbocycles. The van der Waals surface area contributed by atoms with Gasteiger partial charge in [-0.3, -0.25) is 0 Å². The van der Waals surface area contributed by atoms with Crippen LogP contribution in [0.15, 0.2) is 76.5 Å². The third-order valence-electron chi connectivity index (χ3n) is 6.34. The van der Waals surface area contributed by atoms with E-state index in [2.05, 4.69) is 6.07 Å². The summed E-state index contributed by atoms with van der Waals surface area (Å²) in [5, 5.41) is 10.7. The predicted molar refractivity (Wildman–Crippen MR) is 139 cm³/mol. The fraction of sp³-hybridized carbons (Fsp3) is 0.200. The number of aryl methyl sites for hydroxylation is 2. The van der Waals surface area contributed by atoms with Gasteiger partial charge in [-0.25, -0.2) is 4.79 Å². The number of ether oxygens (including phenoxy) is 3. The van der Waals surface area contributed by atoms with Crippen LogP contribution in [0.5, 0.6) is 17.2 Å². The van der Waals surface area contributed by atoms with Gasteiger partial charge in [0.1, 0.15) is 34.5 Å². The average molecular weight is 495 g/mol. The third-order valence-corrected chi connectivity index (χ3v) is 6.34. The second-order valence-corrected chi connectivity index (χ2v) is 8.99. The zero-order valence-electron chi connectivity index (χ0n) is 20.8. The highest BCUT2D eigenvalue weighted by Crippen LogP contribution is 2.44. The molecule has 37 heavy (non-hydrogen) atoms. The van der Waals surface area contributed by atoms with Crippen LogP contribution in [0.4, 0.5) is 0 Å². The minimum atomic E-state index is -0.610. The number of nitriles is 1. The van der Waals surface area contributed by atoms with Gasteiger partial charge in [0.15, 0.2) is 0 Å². The number of nitrogens with two attached hydrogens (primary N) is 1. The van der Waals surface area contributed by atoms with Crippen molar-refractivity contribution in [3.8, 4) is 23.3 Å². The summed E-state index contributed by atoms with van der Waals surface area (Å²) < 4.78 is 23.0. The Morgan fingerprint density at radius 2 is 1.92 bits per heavy atom. The summed E-state index contributed by atoms with van der Waals surface area (Å²) in [6.07, 6.45) is 0.884. The second kappa shape index (κ2) is 9.75. The molecule has 1 aliphatic heterocycles. The van der Waals surface area contributed by atoms with E-state index in [-0.39, 0.29) is 17.4 Å². The van der Waals surface area contributed by atoms with E-state index in [1.807, 2.05) is 63.2 Å². The molecule has 1 unspecified atom stereocenters. The first-order chi connectivity index (χ1) is 17.9. The number of fused-ring (bicyclic) bond motifs is 2. The maximum atomic E-state index is 13.0. The lowest BCUT2D eigenvalue weighted by molar-refractivity contribution is 0.0702. The van der Waals surface area contributed by atoms with E-state index in [0.717, 1.165) is 28.5 Å². The summed E-state index contributed by atoms with van der Waals surface area (Å²) in [5.74, 6) is 0.477. The molecule has 0 saturated carbocycles. The van der Waals surface area contributed by atoms with Gasteiger partial charge in [0, 0.05) is 22.6 Å². The van der Waals surface area contributed by atoms with Crippen molar-refractivity contribution in [2.75, 3.05) is 6.61 Å². The lowest BCUT2D eigenvalue weighted by Gasteiger charge is -2.27. The van der Waals surface area contributed by atoms with Gasteiger partial charge in [0.2, 0.25) is 11.6 Å². The van der Waals surface area contributed by atoms with Gasteiger partial charge in [-0.2, -0.15) is 5.26 Å². The SMILES string of the molecule is CCCOc1cccc(C2C(C#N)=C(N)Oc3cc(OC(=O)c4oc5ccc(C)cc5c4C)ccc32)c1. The molecular formula is C30H26N2O5. The van der Waals surface area contributed by atoms with Crippen molar-refractivity contribution < 1.29 is 23.4 Å². The van der Waals surface area contributed by atoms with Gasteiger partial charge in [0.25, 0.3) is 0 Å². The minimum Gasteiger partial charge on any atom is -0.494 e. The van der Waals surface area contributed by atoms with Gasteiger partial charge in [-0.1, -0.05) is 36.8 Å². The summed E-state index contributed by atoms with van der Waals surface area (Å²) >= 11 is 0. The molecule has 7 heteroatoms. The third kappa shape index (κ3) is 4.50. The smallest absolute Gasteiger partial charge is 0.379 e. The zero-order valence-corrected chi connectivity index (χ0v) is 20.8. The molecule has 5 rings (SSSR count). The summed E-state index contributed by atoms with van der Waals surface area (Å²) in [5.41, 5.74) is 10.4. The van der Waals surface area contributed by atoms with E-state index in [4.69, 9.17) is 24.4 Å². The highest BCUT2D eigenvalue weighted by Gasteiger charge is 2.31. The number of carbonyl (C=O) groups is 1. The summed E-state index contributed by atoms with van der Waals surface area (Å²) in [4.78, 5) is 13.0. The number of furan rings is 1. The van der Waals surface area contributed by atoms with Crippen molar-refractivity contribution >= 4 is 16.9 Å². The van der Waals surface area contributed by atoms with Gasteiger partial charge >= 0.3 is 5.97 Å². The molecule has 0 bridgehead atoms. The summed E-state index contributed by atoms with van der Waals surface area (Å²) in [6, 6.07) is 20.6. The molecule has 0 saturated heterocycles. The fourth-order valence-corrected chi connectivity index (χ4v) is 4.53. The molecule has 1 aliphatic rings. The van der Waals surface area contributed by atoms with E-state index in [1.165, 1.54) is 0 Å². The number of carbonyl (C=O) groups excluding carboxylic acids is 1. The normalized spacial score (nSPS) is 14.6. The van der Waals surface area contributed by atoms with E-state index < -0.39 is 11.9 Å². The number of allylic oxidation sites excluding steroid dienone is 1. The first-order valence-electron chi connectivity index (χ1n) is 12.1. The first-order valence-corrected chi connectivity index (χ1v) is 12.1. The van der Waals surface area contributed by atoms with Crippen LogP contribution in [0.1, 0.15) is 52.1 Å². The molecular weight excluding hydrogens is 468 g/mol. The van der Waals surface area contributed by atoms with Crippen LogP contribution in [0.3, 0.4) is 0 Å². The molecule has 2 N–H and O–H groups in total. The van der Waals surface area contributed by atoms with Crippen molar-refractivity contribution in [1.29, 1.82) is 5.26 Å². The molecule has 0 radical (unpaired) electrons.